The van der Waals surface area contributed by atoms with Crippen LogP contribution < -0.4 is 0 Å². The maximum atomic E-state index is 12.3. The lowest BCUT2D eigenvalue weighted by Gasteiger charge is -2.41. The van der Waals surface area contributed by atoms with E-state index < -0.39 is 120 Å². The van der Waals surface area contributed by atoms with Crippen molar-refractivity contribution in [2.45, 2.75) is 153 Å². The van der Waals surface area contributed by atoms with Crippen molar-refractivity contribution in [2.75, 3.05) is 39.6 Å². The van der Waals surface area contributed by atoms with Crippen LogP contribution in [-0.2, 0) is 90.3 Å². The minimum absolute atomic E-state index is 0.0477. The molecule has 8 heterocycles. The number of cyclic esters (lactones) is 4. The molecule has 0 aliphatic carbocycles. The van der Waals surface area contributed by atoms with Gasteiger partial charge in [0.1, 0.15) is 37.1 Å². The number of rotatable bonds is 14. The number of hydrogen-bond donors (Lipinski definition) is 2. The Bertz CT molecular complexity index is 1780. The Labute approximate surface area is 381 Å². The quantitative estimate of drug-likeness (QED) is 0.109. The first-order chi connectivity index (χ1) is 31.0. The van der Waals surface area contributed by atoms with Crippen LogP contribution in [0.15, 0.2) is 24.3 Å². The van der Waals surface area contributed by atoms with Gasteiger partial charge in [-0.25, -0.2) is 9.59 Å². The molecule has 0 radical (unpaired) electrons. The fraction of sp³-hybridized carbons (Fsp3) is 0.778. The van der Waals surface area contributed by atoms with Crippen molar-refractivity contribution < 1.29 is 101 Å². The van der Waals surface area contributed by atoms with Crippen molar-refractivity contribution in [3.63, 3.8) is 0 Å². The van der Waals surface area contributed by atoms with Crippen LogP contribution in [0.4, 0.5) is 0 Å². The molecule has 0 spiro atoms. The molecule has 8 saturated heterocycles. The Kier molecular flexibility index (Phi) is 14.7. The molecule has 21 nitrogen and oxygen atoms in total. The molecule has 0 aromatic rings. The molecule has 13 unspecified atom stereocenters. The highest BCUT2D eigenvalue weighted by atomic mass is 16.8. The SMILES string of the molecule is C=C(C)C(=O)OCC1CC(OC(C)(O)C2CCOC2=O)[C@H]2CC(C)(C3CCOC3=O)OC2O1.C=C(C)C(=O)OCC1CC(OC(C)(O)C2CCOC2=O)[C@H]2OC(C)(C3CCOC3=O)O[C@H]2O1. The maximum Gasteiger partial charge on any atom is 0.333 e. The Hall–Kier alpha value is -4.06. The normalized spacial score (nSPS) is 40.0. The molecular formula is C45H62O21. The Balaban J connectivity index is 0.000000196. The molecule has 2 N–H and O–H groups in total. The molecule has 66 heavy (non-hydrogen) atoms. The molecular weight excluding hydrogens is 876 g/mol. The summed E-state index contributed by atoms with van der Waals surface area (Å²) in [4.78, 5) is 72.3. The van der Waals surface area contributed by atoms with Gasteiger partial charge in [-0.1, -0.05) is 13.2 Å². The zero-order valence-corrected chi connectivity index (χ0v) is 38.2. The Morgan fingerprint density at radius 3 is 1.58 bits per heavy atom. The van der Waals surface area contributed by atoms with Crippen molar-refractivity contribution >= 4 is 35.8 Å². The second kappa shape index (κ2) is 19.5. The second-order valence-electron chi connectivity index (χ2n) is 19.0. The molecule has 0 amide bonds. The average molecular weight is 939 g/mol. The molecule has 8 aliphatic rings. The van der Waals surface area contributed by atoms with Crippen LogP contribution in [0.2, 0.25) is 0 Å². The van der Waals surface area contributed by atoms with Crippen molar-refractivity contribution in [3.05, 3.63) is 24.3 Å². The summed E-state index contributed by atoms with van der Waals surface area (Å²) >= 11 is 0. The monoisotopic (exact) mass is 938 g/mol. The third kappa shape index (κ3) is 10.6. The third-order valence-corrected chi connectivity index (χ3v) is 13.5. The van der Waals surface area contributed by atoms with E-state index >= 15 is 0 Å². The average Bonchev–Trinajstić information content (AvgIpc) is 4.10. The number of esters is 6. The van der Waals surface area contributed by atoms with E-state index in [4.69, 9.17) is 61.6 Å². The van der Waals surface area contributed by atoms with Crippen LogP contribution in [0.25, 0.3) is 0 Å². The van der Waals surface area contributed by atoms with E-state index in [1.807, 2.05) is 6.92 Å². The van der Waals surface area contributed by atoms with E-state index in [1.54, 1.807) is 13.8 Å². The summed E-state index contributed by atoms with van der Waals surface area (Å²) in [7, 11) is 0. The zero-order chi connectivity index (χ0) is 47.9. The van der Waals surface area contributed by atoms with Gasteiger partial charge in [-0.2, -0.15) is 0 Å². The van der Waals surface area contributed by atoms with Crippen molar-refractivity contribution in [2.24, 2.45) is 29.6 Å². The number of aliphatic hydroxyl groups is 2. The number of ether oxygens (including phenoxy) is 13. The highest BCUT2D eigenvalue weighted by molar-refractivity contribution is 5.87. The largest absolute Gasteiger partial charge is 0.465 e. The first kappa shape index (κ1) is 49.8. The first-order valence-corrected chi connectivity index (χ1v) is 22.5. The van der Waals surface area contributed by atoms with Gasteiger partial charge in [-0.3, -0.25) is 19.2 Å². The predicted molar refractivity (Wildman–Crippen MR) is 217 cm³/mol. The molecule has 0 bridgehead atoms. The molecule has 8 aliphatic heterocycles. The molecule has 8 rings (SSSR count). The van der Waals surface area contributed by atoms with Gasteiger partial charge in [-0.15, -0.1) is 0 Å². The van der Waals surface area contributed by atoms with Gasteiger partial charge in [-0.05, 0) is 54.4 Å². The van der Waals surface area contributed by atoms with E-state index in [0.717, 1.165) is 0 Å². The van der Waals surface area contributed by atoms with E-state index in [0.29, 0.717) is 45.1 Å². The fourth-order valence-electron chi connectivity index (χ4n) is 9.93. The number of carbonyl (C=O) groups excluding carboxylic acids is 6. The summed E-state index contributed by atoms with van der Waals surface area (Å²) in [6.45, 7) is 17.4. The van der Waals surface area contributed by atoms with E-state index in [2.05, 4.69) is 13.2 Å². The molecule has 368 valence electrons. The van der Waals surface area contributed by atoms with E-state index in [1.165, 1.54) is 20.8 Å². The molecule has 21 heteroatoms. The summed E-state index contributed by atoms with van der Waals surface area (Å²) in [6, 6.07) is 0. The summed E-state index contributed by atoms with van der Waals surface area (Å²) in [5.74, 6) is -10.9. The number of hydrogen-bond acceptors (Lipinski definition) is 21. The fourth-order valence-corrected chi connectivity index (χ4v) is 9.93. The van der Waals surface area contributed by atoms with Crippen molar-refractivity contribution in [1.29, 1.82) is 0 Å². The van der Waals surface area contributed by atoms with Crippen molar-refractivity contribution in [1.82, 2.24) is 0 Å². The highest BCUT2D eigenvalue weighted by Crippen LogP contribution is 2.50. The van der Waals surface area contributed by atoms with Crippen LogP contribution in [-0.4, -0.2) is 152 Å². The van der Waals surface area contributed by atoms with Gasteiger partial charge in [0.15, 0.2) is 29.9 Å². The van der Waals surface area contributed by atoms with Gasteiger partial charge in [0, 0.05) is 49.2 Å². The third-order valence-electron chi connectivity index (χ3n) is 13.5. The van der Waals surface area contributed by atoms with Gasteiger partial charge in [0.05, 0.1) is 62.4 Å². The first-order valence-electron chi connectivity index (χ1n) is 22.5. The molecule has 0 aromatic carbocycles. The van der Waals surface area contributed by atoms with Crippen molar-refractivity contribution in [3.8, 4) is 0 Å². The lowest BCUT2D eigenvalue weighted by molar-refractivity contribution is -0.299. The Morgan fingerprint density at radius 2 is 1.11 bits per heavy atom. The van der Waals surface area contributed by atoms with Gasteiger partial charge >= 0.3 is 35.8 Å². The van der Waals surface area contributed by atoms with Crippen LogP contribution >= 0.6 is 0 Å². The highest BCUT2D eigenvalue weighted by Gasteiger charge is 2.61. The van der Waals surface area contributed by atoms with E-state index in [-0.39, 0.29) is 62.5 Å². The summed E-state index contributed by atoms with van der Waals surface area (Å²) in [5.41, 5.74) is -0.318. The second-order valence-corrected chi connectivity index (χ2v) is 19.0. The van der Waals surface area contributed by atoms with Crippen LogP contribution in [0.3, 0.4) is 0 Å². The maximum absolute atomic E-state index is 12.3. The predicted octanol–water partition coefficient (Wildman–Crippen LogP) is 1.81. The zero-order valence-electron chi connectivity index (χ0n) is 38.2. The van der Waals surface area contributed by atoms with Crippen LogP contribution in [0.1, 0.15) is 86.5 Å². The number of carbonyl (C=O) groups is 6. The Morgan fingerprint density at radius 1 is 0.652 bits per heavy atom. The van der Waals surface area contributed by atoms with Gasteiger partial charge in [0.25, 0.3) is 0 Å². The summed E-state index contributed by atoms with van der Waals surface area (Å²) in [5, 5.41) is 22.0. The molecule has 16 atom stereocenters. The molecule has 0 aromatic heterocycles. The lowest BCUT2D eigenvalue weighted by atomic mass is 9.80. The summed E-state index contributed by atoms with van der Waals surface area (Å²) < 4.78 is 73.3. The van der Waals surface area contributed by atoms with Crippen LogP contribution in [0, 0.1) is 29.6 Å². The minimum Gasteiger partial charge on any atom is -0.465 e. The smallest absolute Gasteiger partial charge is 0.333 e. The lowest BCUT2D eigenvalue weighted by Crippen LogP contribution is -2.54. The van der Waals surface area contributed by atoms with Gasteiger partial charge in [0.2, 0.25) is 0 Å². The standard InChI is InChI=1S/C23H32O10.C22H30O11/c1-12(2)18(24)30-11-13-9-17(32-23(4,27)16-6-8-29-20(16)26)14-10-22(3,33-21(14)31-13)15-5-7-28-19(15)25;1-11(2)17(23)29-10-12-9-15(31-21(3,26)13-5-7-27-18(13)24)16-20(30-12)33-22(4,32-16)14-6-8-28-19(14)25/h13-17,21,27H,1,5-11H2,2-4H3;12-16,20,26H,1,5-10H2,2-4H3/t13?,14-,15?,16?,17?,21?,22?,23?;12?,13?,14?,15?,16-,20-,21?,22?/m11/s1. The van der Waals surface area contributed by atoms with E-state index in [9.17, 15) is 39.0 Å². The number of fused-ring (bicyclic) bond motifs is 2. The molecule has 8 fully saturated rings. The molecule has 0 saturated carbocycles. The summed E-state index contributed by atoms with van der Waals surface area (Å²) in [6.07, 6.45) is -2.51. The minimum atomic E-state index is -1.84. The van der Waals surface area contributed by atoms with Gasteiger partial charge < -0.3 is 71.8 Å². The van der Waals surface area contributed by atoms with Crippen LogP contribution in [0.5, 0.6) is 0 Å². The topological polar surface area (TPSA) is 263 Å².